The normalized spacial score (nSPS) is 10.9. The van der Waals surface area contributed by atoms with Crippen molar-refractivity contribution in [1.29, 1.82) is 0 Å². The molecule has 0 aliphatic rings. The van der Waals surface area contributed by atoms with E-state index in [9.17, 15) is 13.2 Å². The minimum atomic E-state index is -3.83. The molecule has 0 fully saturated rings. The van der Waals surface area contributed by atoms with Gasteiger partial charge in [-0.2, -0.15) is 0 Å². The van der Waals surface area contributed by atoms with Gasteiger partial charge in [-0.25, -0.2) is 13.2 Å². The zero-order valence-electron chi connectivity index (χ0n) is 13.5. The number of methoxy groups -OCH3 is 1. The van der Waals surface area contributed by atoms with Crippen LogP contribution >= 0.6 is 0 Å². The van der Waals surface area contributed by atoms with Gasteiger partial charge in [0.05, 0.1) is 29.9 Å². The molecule has 0 aromatic heterocycles. The topological polar surface area (TPSA) is 81.7 Å². The number of benzene rings is 2. The molecular formula is C17H19NO5S. The molecule has 0 saturated heterocycles. The Balaban J connectivity index is 2.24. The van der Waals surface area contributed by atoms with Gasteiger partial charge in [-0.3, -0.25) is 4.72 Å². The smallest absolute Gasteiger partial charge is 0.339 e. The molecule has 0 aliphatic carbocycles. The number of sulfonamides is 1. The van der Waals surface area contributed by atoms with Crippen LogP contribution < -0.4 is 9.46 Å². The zero-order chi connectivity index (χ0) is 17.6. The summed E-state index contributed by atoms with van der Waals surface area (Å²) in [5.41, 5.74) is 0.308. The summed E-state index contributed by atoms with van der Waals surface area (Å²) in [5, 5.41) is 0. The first-order valence-corrected chi connectivity index (χ1v) is 8.89. The van der Waals surface area contributed by atoms with E-state index in [0.717, 1.165) is 6.42 Å². The number of ether oxygens (including phenoxy) is 2. The molecule has 0 saturated carbocycles. The van der Waals surface area contributed by atoms with Gasteiger partial charge < -0.3 is 9.47 Å². The summed E-state index contributed by atoms with van der Waals surface area (Å²) in [4.78, 5) is 11.8. The van der Waals surface area contributed by atoms with Gasteiger partial charge in [0.15, 0.2) is 0 Å². The predicted octanol–water partition coefficient (Wildman–Crippen LogP) is 3.06. The summed E-state index contributed by atoms with van der Waals surface area (Å²) in [5.74, 6) is -0.0117. The number of hydrogen-bond acceptors (Lipinski definition) is 5. The number of rotatable bonds is 7. The first-order chi connectivity index (χ1) is 11.5. The first-order valence-electron chi connectivity index (χ1n) is 7.41. The van der Waals surface area contributed by atoms with Crippen LogP contribution in [0.4, 0.5) is 5.69 Å². The van der Waals surface area contributed by atoms with E-state index in [4.69, 9.17) is 4.74 Å². The molecule has 0 heterocycles. The van der Waals surface area contributed by atoms with E-state index in [1.807, 2.05) is 6.92 Å². The van der Waals surface area contributed by atoms with Crippen LogP contribution in [-0.2, 0) is 14.8 Å². The SMILES string of the molecule is CCCOc1ccc(S(=O)(=O)Nc2ccccc2C(=O)OC)cc1. The maximum atomic E-state index is 12.5. The maximum absolute atomic E-state index is 12.5. The number of nitrogens with one attached hydrogen (secondary N) is 1. The number of esters is 1. The summed E-state index contributed by atoms with van der Waals surface area (Å²) in [7, 11) is -2.59. The van der Waals surface area contributed by atoms with Gasteiger partial charge in [0.1, 0.15) is 5.75 Å². The molecule has 128 valence electrons. The first kappa shape index (κ1) is 17.8. The number of carbonyl (C=O) groups is 1. The minimum absolute atomic E-state index is 0.0750. The molecule has 0 unspecified atom stereocenters. The van der Waals surface area contributed by atoms with Crippen molar-refractivity contribution in [1.82, 2.24) is 0 Å². The largest absolute Gasteiger partial charge is 0.494 e. The van der Waals surface area contributed by atoms with E-state index in [-0.39, 0.29) is 16.1 Å². The Hall–Kier alpha value is -2.54. The van der Waals surface area contributed by atoms with E-state index in [2.05, 4.69) is 9.46 Å². The van der Waals surface area contributed by atoms with E-state index < -0.39 is 16.0 Å². The molecule has 0 bridgehead atoms. The van der Waals surface area contributed by atoms with Gasteiger partial charge in [-0.15, -0.1) is 0 Å². The quantitative estimate of drug-likeness (QED) is 0.777. The van der Waals surface area contributed by atoms with Crippen LogP contribution in [0.5, 0.6) is 5.75 Å². The number of hydrogen-bond donors (Lipinski definition) is 1. The fraction of sp³-hybridized carbons (Fsp3) is 0.235. The molecule has 1 N–H and O–H groups in total. The van der Waals surface area contributed by atoms with Crippen LogP contribution in [0.2, 0.25) is 0 Å². The van der Waals surface area contributed by atoms with Gasteiger partial charge in [0.2, 0.25) is 0 Å². The summed E-state index contributed by atoms with van der Waals surface area (Å²) in [6.45, 7) is 2.55. The van der Waals surface area contributed by atoms with Crippen molar-refractivity contribution in [2.75, 3.05) is 18.4 Å². The lowest BCUT2D eigenvalue weighted by atomic mass is 10.2. The average Bonchev–Trinajstić information content (AvgIpc) is 2.60. The Morgan fingerprint density at radius 3 is 2.38 bits per heavy atom. The lowest BCUT2D eigenvalue weighted by Gasteiger charge is -2.12. The zero-order valence-corrected chi connectivity index (χ0v) is 14.3. The molecule has 7 heteroatoms. The van der Waals surface area contributed by atoms with Crippen molar-refractivity contribution in [3.8, 4) is 5.75 Å². The van der Waals surface area contributed by atoms with Gasteiger partial charge >= 0.3 is 5.97 Å². The predicted molar refractivity (Wildman–Crippen MR) is 90.8 cm³/mol. The van der Waals surface area contributed by atoms with Gasteiger partial charge in [0, 0.05) is 0 Å². The average molecular weight is 349 g/mol. The van der Waals surface area contributed by atoms with Crippen LogP contribution in [-0.4, -0.2) is 28.1 Å². The van der Waals surface area contributed by atoms with Crippen LogP contribution in [0.25, 0.3) is 0 Å². The third-order valence-corrected chi connectivity index (χ3v) is 4.56. The molecule has 0 spiro atoms. The van der Waals surface area contributed by atoms with Crippen molar-refractivity contribution in [3.63, 3.8) is 0 Å². The van der Waals surface area contributed by atoms with Gasteiger partial charge in [0.25, 0.3) is 10.0 Å². The summed E-state index contributed by atoms with van der Waals surface area (Å²) in [6.07, 6.45) is 0.867. The maximum Gasteiger partial charge on any atom is 0.339 e. The highest BCUT2D eigenvalue weighted by molar-refractivity contribution is 7.92. The minimum Gasteiger partial charge on any atom is -0.494 e. The molecule has 2 aromatic carbocycles. The molecular weight excluding hydrogens is 330 g/mol. The lowest BCUT2D eigenvalue weighted by Crippen LogP contribution is -2.16. The molecule has 0 amide bonds. The number of para-hydroxylation sites is 1. The Morgan fingerprint density at radius 1 is 1.08 bits per heavy atom. The highest BCUT2D eigenvalue weighted by Crippen LogP contribution is 2.22. The molecule has 0 atom stereocenters. The van der Waals surface area contributed by atoms with Crippen molar-refractivity contribution < 1.29 is 22.7 Å². The van der Waals surface area contributed by atoms with Gasteiger partial charge in [-0.05, 0) is 42.8 Å². The van der Waals surface area contributed by atoms with E-state index >= 15 is 0 Å². The third-order valence-electron chi connectivity index (χ3n) is 3.18. The fourth-order valence-electron chi connectivity index (χ4n) is 2.00. The van der Waals surface area contributed by atoms with Crippen LogP contribution in [0.1, 0.15) is 23.7 Å². The summed E-state index contributed by atoms with van der Waals surface area (Å²) >= 11 is 0. The fourth-order valence-corrected chi connectivity index (χ4v) is 3.08. The second-order valence-electron chi connectivity index (χ2n) is 4.96. The molecule has 0 radical (unpaired) electrons. The highest BCUT2D eigenvalue weighted by Gasteiger charge is 2.18. The molecule has 2 aromatic rings. The molecule has 0 aliphatic heterocycles. The van der Waals surface area contributed by atoms with Crippen molar-refractivity contribution >= 4 is 21.7 Å². The third kappa shape index (κ3) is 4.26. The van der Waals surface area contributed by atoms with Crippen molar-refractivity contribution in [2.24, 2.45) is 0 Å². The van der Waals surface area contributed by atoms with E-state index in [0.29, 0.717) is 12.4 Å². The van der Waals surface area contributed by atoms with E-state index in [1.165, 1.54) is 31.4 Å². The molecule has 2 rings (SSSR count). The van der Waals surface area contributed by atoms with Crippen molar-refractivity contribution in [3.05, 3.63) is 54.1 Å². The number of anilines is 1. The Morgan fingerprint density at radius 2 is 1.75 bits per heavy atom. The lowest BCUT2D eigenvalue weighted by molar-refractivity contribution is 0.0602. The van der Waals surface area contributed by atoms with Crippen LogP contribution in [0.15, 0.2) is 53.4 Å². The Labute approximate surface area is 141 Å². The molecule has 6 nitrogen and oxygen atoms in total. The second kappa shape index (κ2) is 7.83. The van der Waals surface area contributed by atoms with Gasteiger partial charge in [-0.1, -0.05) is 19.1 Å². The Kier molecular flexibility index (Phi) is 5.81. The standard InChI is InChI=1S/C17H19NO5S/c1-3-12-23-13-8-10-14(11-9-13)24(20,21)18-16-7-5-4-6-15(16)17(19)22-2/h4-11,18H,3,12H2,1-2H3. The monoisotopic (exact) mass is 349 g/mol. The molecule has 24 heavy (non-hydrogen) atoms. The second-order valence-corrected chi connectivity index (χ2v) is 6.64. The van der Waals surface area contributed by atoms with E-state index in [1.54, 1.807) is 24.3 Å². The number of carbonyl (C=O) groups excluding carboxylic acids is 1. The van der Waals surface area contributed by atoms with Crippen LogP contribution in [0.3, 0.4) is 0 Å². The highest BCUT2D eigenvalue weighted by atomic mass is 32.2. The van der Waals surface area contributed by atoms with Crippen LogP contribution in [0, 0.1) is 0 Å². The summed E-state index contributed by atoms with van der Waals surface area (Å²) in [6, 6.07) is 12.3. The van der Waals surface area contributed by atoms with Crippen molar-refractivity contribution in [2.45, 2.75) is 18.2 Å². The Bertz CT molecular complexity index is 800. The summed E-state index contributed by atoms with van der Waals surface area (Å²) < 4.78 is 37.5.